The van der Waals surface area contributed by atoms with Crippen molar-refractivity contribution >= 4 is 5.91 Å². The monoisotopic (exact) mass is 551 g/mol. The first-order chi connectivity index (χ1) is 20.2. The second-order valence-electron chi connectivity index (χ2n) is 10.3. The second kappa shape index (κ2) is 14.7. The van der Waals surface area contributed by atoms with Crippen molar-refractivity contribution in [1.29, 1.82) is 0 Å². The van der Waals surface area contributed by atoms with Gasteiger partial charge in [0.25, 0.3) is 0 Å². The summed E-state index contributed by atoms with van der Waals surface area (Å²) in [6, 6.07) is 39.6. The van der Waals surface area contributed by atoms with Gasteiger partial charge < -0.3 is 24.3 Å². The van der Waals surface area contributed by atoms with Crippen molar-refractivity contribution in [3.8, 4) is 0 Å². The second-order valence-corrected chi connectivity index (χ2v) is 10.3. The zero-order valence-corrected chi connectivity index (χ0v) is 23.3. The smallest absolute Gasteiger partial charge is 0.217 e. The number of rotatable bonds is 12. The minimum Gasteiger partial charge on any atom is -0.374 e. The largest absolute Gasteiger partial charge is 0.374 e. The van der Waals surface area contributed by atoms with Gasteiger partial charge in [0.1, 0.15) is 24.4 Å². The lowest BCUT2D eigenvalue weighted by Crippen LogP contribution is -2.62. The van der Waals surface area contributed by atoms with E-state index in [1.165, 1.54) is 6.92 Å². The standard InChI is InChI=1S/C35H37NO5/c1-26(37)36-32-33(30-20-12-5-13-21-30)41-31(25-38-22-27-14-6-2-7-15-27)34(39-23-28-16-8-3-9-17-28)35(32)40-24-29-18-10-4-11-19-29/h2-21,31-35H,22-25H2,1H3,(H,36,37)/t31-,32+,33+,34-,35-/m1/s1. The highest BCUT2D eigenvalue weighted by molar-refractivity contribution is 5.73. The molecule has 1 fully saturated rings. The number of benzene rings is 4. The molecule has 212 valence electrons. The van der Waals surface area contributed by atoms with E-state index in [9.17, 15) is 4.79 Å². The van der Waals surface area contributed by atoms with Crippen molar-refractivity contribution in [3.63, 3.8) is 0 Å². The van der Waals surface area contributed by atoms with Crippen LogP contribution in [0.2, 0.25) is 0 Å². The van der Waals surface area contributed by atoms with Crippen molar-refractivity contribution in [2.75, 3.05) is 6.61 Å². The lowest BCUT2D eigenvalue weighted by molar-refractivity contribution is -0.234. The number of ether oxygens (including phenoxy) is 4. The minimum absolute atomic E-state index is 0.159. The van der Waals surface area contributed by atoms with E-state index < -0.39 is 30.5 Å². The van der Waals surface area contributed by atoms with E-state index >= 15 is 0 Å². The van der Waals surface area contributed by atoms with E-state index in [2.05, 4.69) is 5.32 Å². The van der Waals surface area contributed by atoms with Gasteiger partial charge in [-0.15, -0.1) is 0 Å². The Morgan fingerprint density at radius 1 is 0.659 bits per heavy atom. The molecule has 1 N–H and O–H groups in total. The first-order valence-corrected chi connectivity index (χ1v) is 14.1. The molecule has 0 spiro atoms. The molecule has 1 heterocycles. The predicted octanol–water partition coefficient (Wildman–Crippen LogP) is 6.02. The summed E-state index contributed by atoms with van der Waals surface area (Å²) in [5.41, 5.74) is 4.11. The molecule has 6 heteroatoms. The first kappa shape index (κ1) is 28.7. The van der Waals surface area contributed by atoms with E-state index in [0.717, 1.165) is 22.3 Å². The summed E-state index contributed by atoms with van der Waals surface area (Å²) in [5.74, 6) is -0.159. The molecule has 0 aromatic heterocycles. The van der Waals surface area contributed by atoms with Gasteiger partial charge in [-0.3, -0.25) is 4.79 Å². The van der Waals surface area contributed by atoms with E-state index in [1.54, 1.807) is 0 Å². The Morgan fingerprint density at radius 3 is 1.63 bits per heavy atom. The minimum atomic E-state index is -0.508. The van der Waals surface area contributed by atoms with Gasteiger partial charge in [0.15, 0.2) is 0 Å². The molecule has 1 saturated heterocycles. The third kappa shape index (κ3) is 8.12. The van der Waals surface area contributed by atoms with Gasteiger partial charge in [-0.1, -0.05) is 121 Å². The molecule has 5 rings (SSSR count). The van der Waals surface area contributed by atoms with Gasteiger partial charge in [0.2, 0.25) is 5.91 Å². The summed E-state index contributed by atoms with van der Waals surface area (Å²) < 4.78 is 26.2. The Hall–Kier alpha value is -3.81. The molecule has 1 aliphatic heterocycles. The van der Waals surface area contributed by atoms with Crippen LogP contribution in [0.15, 0.2) is 121 Å². The van der Waals surface area contributed by atoms with Gasteiger partial charge in [0.05, 0.1) is 32.5 Å². The summed E-state index contributed by atoms with van der Waals surface area (Å²) in [4.78, 5) is 12.5. The number of hydrogen-bond acceptors (Lipinski definition) is 5. The Balaban J connectivity index is 1.46. The van der Waals surface area contributed by atoms with E-state index in [1.807, 2.05) is 121 Å². The van der Waals surface area contributed by atoms with Gasteiger partial charge >= 0.3 is 0 Å². The average molecular weight is 552 g/mol. The molecular weight excluding hydrogens is 514 g/mol. The van der Waals surface area contributed by atoms with Crippen LogP contribution in [0.3, 0.4) is 0 Å². The maximum atomic E-state index is 12.5. The van der Waals surface area contributed by atoms with Crippen LogP contribution in [-0.4, -0.2) is 36.9 Å². The van der Waals surface area contributed by atoms with Crippen LogP contribution in [0.5, 0.6) is 0 Å². The van der Waals surface area contributed by atoms with Crippen LogP contribution >= 0.6 is 0 Å². The molecule has 5 atom stereocenters. The highest BCUT2D eigenvalue weighted by Gasteiger charge is 2.48. The third-order valence-corrected chi connectivity index (χ3v) is 7.15. The first-order valence-electron chi connectivity index (χ1n) is 14.1. The summed E-state index contributed by atoms with van der Waals surface area (Å²) in [5, 5.41) is 3.14. The molecule has 41 heavy (non-hydrogen) atoms. The number of nitrogens with one attached hydrogen (secondary N) is 1. The van der Waals surface area contributed by atoms with Crippen molar-refractivity contribution in [2.45, 2.75) is 57.2 Å². The normalized spacial score (nSPS) is 22.2. The van der Waals surface area contributed by atoms with Gasteiger partial charge in [-0.05, 0) is 22.3 Å². The summed E-state index contributed by atoms with van der Waals surface area (Å²) in [6.45, 7) is 3.01. The Labute approximate surface area is 242 Å². The molecule has 0 saturated carbocycles. The molecular formula is C35H37NO5. The van der Waals surface area contributed by atoms with Gasteiger partial charge in [0, 0.05) is 6.92 Å². The van der Waals surface area contributed by atoms with Crippen LogP contribution < -0.4 is 5.32 Å². The van der Waals surface area contributed by atoms with Crippen molar-refractivity contribution in [3.05, 3.63) is 144 Å². The number of carbonyl (C=O) groups excluding carboxylic acids is 1. The van der Waals surface area contributed by atoms with Crippen molar-refractivity contribution in [1.82, 2.24) is 5.32 Å². The number of hydrogen-bond donors (Lipinski definition) is 1. The molecule has 4 aromatic carbocycles. The van der Waals surface area contributed by atoms with Crippen LogP contribution in [-0.2, 0) is 43.6 Å². The van der Waals surface area contributed by atoms with Crippen molar-refractivity contribution < 1.29 is 23.7 Å². The van der Waals surface area contributed by atoms with Gasteiger partial charge in [-0.2, -0.15) is 0 Å². The molecule has 6 nitrogen and oxygen atoms in total. The van der Waals surface area contributed by atoms with E-state index in [-0.39, 0.29) is 5.91 Å². The zero-order valence-electron chi connectivity index (χ0n) is 23.3. The molecule has 0 unspecified atom stereocenters. The quantitative estimate of drug-likeness (QED) is 0.233. The van der Waals surface area contributed by atoms with E-state index in [0.29, 0.717) is 26.4 Å². The fourth-order valence-electron chi connectivity index (χ4n) is 5.20. The topological polar surface area (TPSA) is 66.0 Å². The highest BCUT2D eigenvalue weighted by Crippen LogP contribution is 2.36. The van der Waals surface area contributed by atoms with Crippen LogP contribution in [0.25, 0.3) is 0 Å². The van der Waals surface area contributed by atoms with Crippen LogP contribution in [0.1, 0.15) is 35.3 Å². The maximum absolute atomic E-state index is 12.5. The number of amides is 1. The molecule has 4 aromatic rings. The summed E-state index contributed by atoms with van der Waals surface area (Å²) in [7, 11) is 0. The molecule has 0 aliphatic carbocycles. The number of carbonyl (C=O) groups is 1. The Kier molecular flexibility index (Phi) is 10.3. The summed E-state index contributed by atoms with van der Waals surface area (Å²) in [6.07, 6.45) is -1.92. The lowest BCUT2D eigenvalue weighted by Gasteiger charge is -2.47. The fourth-order valence-corrected chi connectivity index (χ4v) is 5.20. The fraction of sp³-hybridized carbons (Fsp3) is 0.286. The summed E-state index contributed by atoms with van der Waals surface area (Å²) >= 11 is 0. The Bertz CT molecular complexity index is 1320. The Morgan fingerprint density at radius 2 is 1.12 bits per heavy atom. The lowest BCUT2D eigenvalue weighted by atomic mass is 9.88. The van der Waals surface area contributed by atoms with Crippen LogP contribution in [0, 0.1) is 0 Å². The highest BCUT2D eigenvalue weighted by atomic mass is 16.6. The van der Waals surface area contributed by atoms with E-state index in [4.69, 9.17) is 18.9 Å². The molecule has 0 radical (unpaired) electrons. The van der Waals surface area contributed by atoms with Gasteiger partial charge in [-0.25, -0.2) is 0 Å². The molecule has 1 amide bonds. The predicted molar refractivity (Wildman–Crippen MR) is 158 cm³/mol. The molecule has 1 aliphatic rings. The van der Waals surface area contributed by atoms with Crippen molar-refractivity contribution in [2.24, 2.45) is 0 Å². The van der Waals surface area contributed by atoms with Crippen LogP contribution in [0.4, 0.5) is 0 Å². The SMILES string of the molecule is CC(=O)N[C@@H]1[C@@H](OCc2ccccc2)[C@H](OCc2ccccc2)[C@@H](COCc2ccccc2)O[C@H]1c1ccccc1. The zero-order chi connectivity index (χ0) is 28.3. The average Bonchev–Trinajstić information content (AvgIpc) is 3.01. The molecule has 0 bridgehead atoms. The third-order valence-electron chi connectivity index (χ3n) is 7.15. The maximum Gasteiger partial charge on any atom is 0.217 e.